The number of benzene rings is 3. The van der Waals surface area contributed by atoms with Crippen LogP contribution in [0.25, 0.3) is 28.2 Å². The molecule has 1 amide bonds. The minimum atomic E-state index is -0.146. The number of carbonyl (C=O) groups excluding carboxylic acids is 1. The molecule has 0 atom stereocenters. The minimum absolute atomic E-state index is 0.146. The van der Waals surface area contributed by atoms with Crippen molar-refractivity contribution in [1.82, 2.24) is 10.3 Å². The van der Waals surface area contributed by atoms with E-state index in [-0.39, 0.29) is 5.91 Å². The Bertz CT molecular complexity index is 1320. The fourth-order valence-electron chi connectivity index (χ4n) is 3.60. The van der Waals surface area contributed by atoms with Gasteiger partial charge in [0.1, 0.15) is 0 Å². The first-order valence-electron chi connectivity index (χ1n) is 10.8. The van der Waals surface area contributed by atoms with Gasteiger partial charge in [-0.2, -0.15) is 0 Å². The van der Waals surface area contributed by atoms with E-state index >= 15 is 0 Å². The molecular weight excluding hydrogens is 468 g/mol. The Labute approximate surface area is 208 Å². The average molecular weight is 493 g/mol. The van der Waals surface area contributed by atoms with Gasteiger partial charge in [-0.15, -0.1) is 11.8 Å². The summed E-state index contributed by atoms with van der Waals surface area (Å²) in [4.78, 5) is 17.0. The van der Waals surface area contributed by atoms with Gasteiger partial charge in [-0.3, -0.25) is 4.79 Å². The zero-order chi connectivity index (χ0) is 23.9. The standard InChI is InChI=1S/C27H25ClN2O3S/c1-32-23-13-7-18(17-24(23)33-2)8-14-25(31)29-15-16-34-27-21-5-3-4-6-22(21)30-26(27)19-9-11-20(28)12-10-19/h3-14,17,30H,15-16H2,1-2H3,(H,29,31). The third-order valence-electron chi connectivity index (χ3n) is 5.27. The summed E-state index contributed by atoms with van der Waals surface area (Å²) in [7, 11) is 3.18. The summed E-state index contributed by atoms with van der Waals surface area (Å²) >= 11 is 7.78. The number of hydrogen-bond donors (Lipinski definition) is 2. The zero-order valence-electron chi connectivity index (χ0n) is 18.9. The second-order valence-corrected chi connectivity index (χ2v) is 9.01. The van der Waals surface area contributed by atoms with Crippen LogP contribution in [0.3, 0.4) is 0 Å². The molecule has 0 unspecified atom stereocenters. The molecule has 0 fully saturated rings. The largest absolute Gasteiger partial charge is 0.493 e. The zero-order valence-corrected chi connectivity index (χ0v) is 20.5. The summed E-state index contributed by atoms with van der Waals surface area (Å²) in [6.07, 6.45) is 3.28. The lowest BCUT2D eigenvalue weighted by atomic mass is 10.1. The molecule has 3 aromatic carbocycles. The van der Waals surface area contributed by atoms with Crippen LogP contribution in [-0.2, 0) is 4.79 Å². The normalized spacial score (nSPS) is 11.1. The molecule has 0 aliphatic heterocycles. The van der Waals surface area contributed by atoms with Gasteiger partial charge in [-0.05, 0) is 47.5 Å². The number of carbonyl (C=O) groups is 1. The Balaban J connectivity index is 1.39. The van der Waals surface area contributed by atoms with Gasteiger partial charge < -0.3 is 19.8 Å². The predicted molar refractivity (Wildman–Crippen MR) is 141 cm³/mol. The number of aromatic amines is 1. The quantitative estimate of drug-likeness (QED) is 0.160. The van der Waals surface area contributed by atoms with E-state index in [2.05, 4.69) is 22.4 Å². The van der Waals surface area contributed by atoms with Crippen LogP contribution in [0.2, 0.25) is 5.02 Å². The number of fused-ring (bicyclic) bond motifs is 1. The lowest BCUT2D eigenvalue weighted by Gasteiger charge is -2.08. The van der Waals surface area contributed by atoms with Crippen molar-refractivity contribution in [1.29, 1.82) is 0 Å². The lowest BCUT2D eigenvalue weighted by molar-refractivity contribution is -0.116. The van der Waals surface area contributed by atoms with E-state index in [0.717, 1.165) is 38.4 Å². The molecule has 174 valence electrons. The summed E-state index contributed by atoms with van der Waals surface area (Å²) in [5.41, 5.74) is 4.07. The number of aromatic nitrogens is 1. The van der Waals surface area contributed by atoms with Crippen LogP contribution in [-0.4, -0.2) is 37.4 Å². The van der Waals surface area contributed by atoms with Gasteiger partial charge >= 0.3 is 0 Å². The van der Waals surface area contributed by atoms with Gasteiger partial charge in [-0.1, -0.05) is 48.0 Å². The van der Waals surface area contributed by atoms with E-state index in [4.69, 9.17) is 21.1 Å². The van der Waals surface area contributed by atoms with E-state index in [1.54, 1.807) is 32.1 Å². The molecule has 0 spiro atoms. The Hall–Kier alpha value is -3.35. The second-order valence-electron chi connectivity index (χ2n) is 7.47. The highest BCUT2D eigenvalue weighted by Gasteiger charge is 2.13. The molecule has 0 aliphatic rings. The number of nitrogens with one attached hydrogen (secondary N) is 2. The Kier molecular flexibility index (Phi) is 7.83. The number of H-pyrrole nitrogens is 1. The number of halogens is 1. The van der Waals surface area contributed by atoms with Gasteiger partial charge in [0, 0.05) is 39.2 Å². The summed E-state index contributed by atoms with van der Waals surface area (Å²) in [5.74, 6) is 1.86. The van der Waals surface area contributed by atoms with Crippen molar-refractivity contribution in [2.24, 2.45) is 0 Å². The summed E-state index contributed by atoms with van der Waals surface area (Å²) < 4.78 is 10.5. The third kappa shape index (κ3) is 5.58. The molecule has 0 aliphatic carbocycles. The predicted octanol–water partition coefficient (Wildman–Crippen LogP) is 6.43. The van der Waals surface area contributed by atoms with Crippen molar-refractivity contribution >= 4 is 46.2 Å². The molecule has 0 radical (unpaired) electrons. The van der Waals surface area contributed by atoms with Crippen molar-refractivity contribution in [2.45, 2.75) is 4.90 Å². The summed E-state index contributed by atoms with van der Waals surface area (Å²) in [6, 6.07) is 21.5. The van der Waals surface area contributed by atoms with Crippen LogP contribution >= 0.6 is 23.4 Å². The highest BCUT2D eigenvalue weighted by atomic mass is 35.5. The SMILES string of the molecule is COc1ccc(C=CC(=O)NCCSc2c(-c3ccc(Cl)cc3)[nH]c3ccccc23)cc1OC. The molecule has 2 N–H and O–H groups in total. The first-order chi connectivity index (χ1) is 16.6. The van der Waals surface area contributed by atoms with E-state index in [1.165, 1.54) is 6.08 Å². The van der Waals surface area contributed by atoms with E-state index in [1.807, 2.05) is 54.6 Å². The molecular formula is C27H25ClN2O3S. The van der Waals surface area contributed by atoms with Gasteiger partial charge in [0.2, 0.25) is 5.91 Å². The first kappa shape index (κ1) is 23.8. The highest BCUT2D eigenvalue weighted by Crippen LogP contribution is 2.37. The van der Waals surface area contributed by atoms with Gasteiger partial charge in [0.15, 0.2) is 11.5 Å². The van der Waals surface area contributed by atoms with Crippen LogP contribution in [0.4, 0.5) is 0 Å². The topological polar surface area (TPSA) is 63.3 Å². The number of methoxy groups -OCH3 is 2. The van der Waals surface area contributed by atoms with Gasteiger partial charge in [-0.25, -0.2) is 0 Å². The molecule has 34 heavy (non-hydrogen) atoms. The van der Waals surface area contributed by atoms with Crippen LogP contribution in [0.1, 0.15) is 5.56 Å². The number of amides is 1. The Morgan fingerprint density at radius 2 is 1.79 bits per heavy atom. The number of ether oxygens (including phenoxy) is 2. The molecule has 7 heteroatoms. The maximum absolute atomic E-state index is 12.3. The smallest absolute Gasteiger partial charge is 0.244 e. The molecule has 0 saturated carbocycles. The molecule has 4 rings (SSSR count). The monoisotopic (exact) mass is 492 g/mol. The van der Waals surface area contributed by atoms with Gasteiger partial charge in [0.05, 0.1) is 19.9 Å². The maximum atomic E-state index is 12.3. The van der Waals surface area contributed by atoms with Crippen LogP contribution in [0.15, 0.2) is 77.7 Å². The average Bonchev–Trinajstić information content (AvgIpc) is 3.24. The number of para-hydroxylation sites is 1. The molecule has 0 bridgehead atoms. The number of rotatable bonds is 9. The van der Waals surface area contributed by atoms with Gasteiger partial charge in [0.25, 0.3) is 0 Å². The van der Waals surface area contributed by atoms with E-state index in [0.29, 0.717) is 23.1 Å². The molecule has 5 nitrogen and oxygen atoms in total. The number of hydrogen-bond acceptors (Lipinski definition) is 4. The van der Waals surface area contributed by atoms with Crippen molar-refractivity contribution in [3.8, 4) is 22.8 Å². The molecule has 0 saturated heterocycles. The number of thioether (sulfide) groups is 1. The second kappa shape index (κ2) is 11.2. The van der Waals surface area contributed by atoms with Crippen molar-refractivity contribution < 1.29 is 14.3 Å². The Morgan fingerprint density at radius 3 is 2.56 bits per heavy atom. The van der Waals surface area contributed by atoms with Crippen LogP contribution < -0.4 is 14.8 Å². The Morgan fingerprint density at radius 1 is 1.03 bits per heavy atom. The fourth-order valence-corrected chi connectivity index (χ4v) is 4.78. The maximum Gasteiger partial charge on any atom is 0.244 e. The van der Waals surface area contributed by atoms with Crippen LogP contribution in [0, 0.1) is 0 Å². The van der Waals surface area contributed by atoms with Crippen molar-refractivity contribution in [3.05, 3.63) is 83.4 Å². The molecule has 1 aromatic heterocycles. The van der Waals surface area contributed by atoms with Crippen LogP contribution in [0.5, 0.6) is 11.5 Å². The fraction of sp³-hybridized carbons (Fsp3) is 0.148. The van der Waals surface area contributed by atoms with Crippen molar-refractivity contribution in [3.63, 3.8) is 0 Å². The van der Waals surface area contributed by atoms with E-state index < -0.39 is 0 Å². The third-order valence-corrected chi connectivity index (χ3v) is 6.65. The molecule has 4 aromatic rings. The summed E-state index contributed by atoms with van der Waals surface area (Å²) in [6.45, 7) is 0.541. The summed E-state index contributed by atoms with van der Waals surface area (Å²) in [5, 5.41) is 4.82. The first-order valence-corrected chi connectivity index (χ1v) is 12.1. The van der Waals surface area contributed by atoms with Crippen molar-refractivity contribution in [2.75, 3.05) is 26.5 Å². The minimum Gasteiger partial charge on any atom is -0.493 e. The highest BCUT2D eigenvalue weighted by molar-refractivity contribution is 7.99. The lowest BCUT2D eigenvalue weighted by Crippen LogP contribution is -2.23. The molecule has 1 heterocycles. The van der Waals surface area contributed by atoms with E-state index in [9.17, 15) is 4.79 Å².